The Bertz CT molecular complexity index is 527. The molecule has 1 saturated heterocycles. The number of nitrogens with two attached hydrogens (primary N) is 1. The normalized spacial score (nSPS) is 18.9. The van der Waals surface area contributed by atoms with Gasteiger partial charge in [0.25, 0.3) is 0 Å². The number of benzene rings is 1. The number of likely N-dealkylation sites (N-methyl/N-ethyl adjacent to an activating group) is 1. The molecule has 0 spiro atoms. The lowest BCUT2D eigenvalue weighted by atomic mass is 9.97. The summed E-state index contributed by atoms with van der Waals surface area (Å²) in [6, 6.07) is 8.19. The first kappa shape index (κ1) is 16.5. The van der Waals surface area contributed by atoms with Crippen LogP contribution < -0.4 is 5.73 Å². The van der Waals surface area contributed by atoms with E-state index in [0.29, 0.717) is 19.6 Å². The number of rotatable bonds is 5. The number of amides is 2. The van der Waals surface area contributed by atoms with Crippen molar-refractivity contribution in [3.05, 3.63) is 35.4 Å². The lowest BCUT2D eigenvalue weighted by Crippen LogP contribution is -2.45. The second-order valence-electron chi connectivity index (χ2n) is 6.21. The number of hydrogen-bond donors (Lipinski definition) is 1. The molecule has 120 valence electrons. The van der Waals surface area contributed by atoms with E-state index in [9.17, 15) is 9.59 Å². The van der Waals surface area contributed by atoms with Crippen LogP contribution in [0.4, 0.5) is 0 Å². The standard InChI is InChI=1S/C17H25N3O2/c1-13-5-7-14(8-6-13)10-19(2)16(21)12-20-9-3-4-15(11-20)17(18)22/h5-8,15H,3-4,9-12H2,1-2H3,(H2,18,22)/t15-/m1/s1. The smallest absolute Gasteiger partial charge is 0.236 e. The number of likely N-dealkylation sites (tertiary alicyclic amines) is 1. The van der Waals surface area contributed by atoms with Crippen LogP contribution in [0.1, 0.15) is 24.0 Å². The second-order valence-corrected chi connectivity index (χ2v) is 6.21. The van der Waals surface area contributed by atoms with Gasteiger partial charge in [0.2, 0.25) is 11.8 Å². The minimum atomic E-state index is -0.259. The summed E-state index contributed by atoms with van der Waals surface area (Å²) in [6.07, 6.45) is 1.75. The highest BCUT2D eigenvalue weighted by atomic mass is 16.2. The molecule has 5 nitrogen and oxygen atoms in total. The molecule has 2 N–H and O–H groups in total. The summed E-state index contributed by atoms with van der Waals surface area (Å²) in [7, 11) is 1.82. The molecule has 2 rings (SSSR count). The summed E-state index contributed by atoms with van der Waals surface area (Å²) in [5, 5.41) is 0. The van der Waals surface area contributed by atoms with Crippen LogP contribution in [0.3, 0.4) is 0 Å². The van der Waals surface area contributed by atoms with Gasteiger partial charge in [-0.2, -0.15) is 0 Å². The van der Waals surface area contributed by atoms with Crippen LogP contribution in [0, 0.1) is 12.8 Å². The Morgan fingerprint density at radius 1 is 1.32 bits per heavy atom. The van der Waals surface area contributed by atoms with E-state index in [1.54, 1.807) is 4.90 Å². The topological polar surface area (TPSA) is 66.6 Å². The molecule has 0 unspecified atom stereocenters. The van der Waals surface area contributed by atoms with Crippen LogP contribution in [0.25, 0.3) is 0 Å². The Morgan fingerprint density at radius 3 is 2.64 bits per heavy atom. The molecule has 1 aromatic carbocycles. The van der Waals surface area contributed by atoms with Gasteiger partial charge >= 0.3 is 0 Å². The Balaban J connectivity index is 1.85. The number of primary amides is 1. The molecule has 1 aliphatic heterocycles. The summed E-state index contributed by atoms with van der Waals surface area (Å²) >= 11 is 0. The van der Waals surface area contributed by atoms with Gasteiger partial charge in [-0.25, -0.2) is 0 Å². The zero-order valence-electron chi connectivity index (χ0n) is 13.4. The fraction of sp³-hybridized carbons (Fsp3) is 0.529. The van der Waals surface area contributed by atoms with Crippen molar-refractivity contribution >= 4 is 11.8 Å². The van der Waals surface area contributed by atoms with Crippen molar-refractivity contribution in [2.45, 2.75) is 26.3 Å². The number of piperidine rings is 1. The Morgan fingerprint density at radius 2 is 2.00 bits per heavy atom. The minimum absolute atomic E-state index is 0.0747. The molecule has 1 heterocycles. The number of carbonyl (C=O) groups is 2. The van der Waals surface area contributed by atoms with E-state index in [0.717, 1.165) is 24.9 Å². The molecule has 0 aromatic heterocycles. The minimum Gasteiger partial charge on any atom is -0.369 e. The lowest BCUT2D eigenvalue weighted by Gasteiger charge is -2.31. The third kappa shape index (κ3) is 4.56. The van der Waals surface area contributed by atoms with Gasteiger partial charge in [-0.05, 0) is 31.9 Å². The average molecular weight is 303 g/mol. The van der Waals surface area contributed by atoms with E-state index in [1.807, 2.05) is 31.0 Å². The molecule has 1 fully saturated rings. The fourth-order valence-electron chi connectivity index (χ4n) is 2.80. The van der Waals surface area contributed by atoms with Gasteiger partial charge in [-0.3, -0.25) is 14.5 Å². The van der Waals surface area contributed by atoms with Crippen LogP contribution in [-0.2, 0) is 16.1 Å². The van der Waals surface area contributed by atoms with Crippen LogP contribution in [0.5, 0.6) is 0 Å². The average Bonchev–Trinajstić information content (AvgIpc) is 2.49. The molecule has 1 aromatic rings. The van der Waals surface area contributed by atoms with Crippen molar-refractivity contribution in [2.24, 2.45) is 11.7 Å². The molecule has 2 amide bonds. The Labute approximate surface area is 132 Å². The van der Waals surface area contributed by atoms with Crippen LogP contribution in [0.2, 0.25) is 0 Å². The monoisotopic (exact) mass is 303 g/mol. The van der Waals surface area contributed by atoms with Gasteiger partial charge in [-0.1, -0.05) is 29.8 Å². The Kier molecular flexibility index (Phi) is 5.55. The summed E-state index contributed by atoms with van der Waals surface area (Å²) in [4.78, 5) is 27.4. The van der Waals surface area contributed by atoms with Crippen molar-refractivity contribution < 1.29 is 9.59 Å². The van der Waals surface area contributed by atoms with Crippen LogP contribution >= 0.6 is 0 Å². The highest BCUT2D eigenvalue weighted by Crippen LogP contribution is 2.16. The maximum atomic E-state index is 12.3. The predicted octanol–water partition coefficient (Wildman–Crippen LogP) is 1.15. The van der Waals surface area contributed by atoms with E-state index in [2.05, 4.69) is 12.1 Å². The molecule has 1 atom stereocenters. The summed E-state index contributed by atoms with van der Waals surface area (Å²) in [6.45, 7) is 4.45. The third-order valence-corrected chi connectivity index (χ3v) is 4.23. The van der Waals surface area contributed by atoms with Crippen LogP contribution in [0.15, 0.2) is 24.3 Å². The number of carbonyl (C=O) groups excluding carboxylic acids is 2. The first-order chi connectivity index (χ1) is 10.5. The summed E-state index contributed by atoms with van der Waals surface area (Å²) in [5.41, 5.74) is 7.71. The Hall–Kier alpha value is -1.88. The van der Waals surface area contributed by atoms with Gasteiger partial charge < -0.3 is 10.6 Å². The number of hydrogen-bond acceptors (Lipinski definition) is 3. The zero-order chi connectivity index (χ0) is 16.1. The predicted molar refractivity (Wildman–Crippen MR) is 86.0 cm³/mol. The molecule has 0 bridgehead atoms. The molecule has 0 radical (unpaired) electrons. The van der Waals surface area contributed by atoms with Crippen molar-refractivity contribution in [1.29, 1.82) is 0 Å². The molecule has 0 saturated carbocycles. The van der Waals surface area contributed by atoms with Crippen molar-refractivity contribution in [3.63, 3.8) is 0 Å². The van der Waals surface area contributed by atoms with E-state index in [1.165, 1.54) is 5.56 Å². The van der Waals surface area contributed by atoms with E-state index in [4.69, 9.17) is 5.73 Å². The van der Waals surface area contributed by atoms with E-state index < -0.39 is 0 Å². The zero-order valence-corrected chi connectivity index (χ0v) is 13.4. The third-order valence-electron chi connectivity index (χ3n) is 4.23. The number of nitrogens with zero attached hydrogens (tertiary/aromatic N) is 2. The first-order valence-electron chi connectivity index (χ1n) is 7.77. The molecule has 1 aliphatic rings. The first-order valence-corrected chi connectivity index (χ1v) is 7.77. The number of aryl methyl sites for hydroxylation is 1. The van der Waals surface area contributed by atoms with Gasteiger partial charge in [0.15, 0.2) is 0 Å². The lowest BCUT2D eigenvalue weighted by molar-refractivity contribution is -0.133. The van der Waals surface area contributed by atoms with Crippen molar-refractivity contribution in [2.75, 3.05) is 26.7 Å². The van der Waals surface area contributed by atoms with Crippen molar-refractivity contribution in [1.82, 2.24) is 9.80 Å². The van der Waals surface area contributed by atoms with Crippen molar-refractivity contribution in [3.8, 4) is 0 Å². The largest absolute Gasteiger partial charge is 0.369 e. The highest BCUT2D eigenvalue weighted by Gasteiger charge is 2.25. The fourth-order valence-corrected chi connectivity index (χ4v) is 2.80. The van der Waals surface area contributed by atoms with E-state index >= 15 is 0 Å². The van der Waals surface area contributed by atoms with Gasteiger partial charge in [0, 0.05) is 20.1 Å². The quantitative estimate of drug-likeness (QED) is 0.887. The molecular weight excluding hydrogens is 278 g/mol. The highest BCUT2D eigenvalue weighted by molar-refractivity contribution is 5.79. The maximum Gasteiger partial charge on any atom is 0.236 e. The molecular formula is C17H25N3O2. The van der Waals surface area contributed by atoms with Gasteiger partial charge in [-0.15, -0.1) is 0 Å². The van der Waals surface area contributed by atoms with E-state index in [-0.39, 0.29) is 17.7 Å². The maximum absolute atomic E-state index is 12.3. The SMILES string of the molecule is Cc1ccc(CN(C)C(=O)CN2CCC[C@@H](C(N)=O)C2)cc1. The van der Waals surface area contributed by atoms with Gasteiger partial charge in [0.05, 0.1) is 12.5 Å². The molecule has 22 heavy (non-hydrogen) atoms. The molecule has 0 aliphatic carbocycles. The van der Waals surface area contributed by atoms with Gasteiger partial charge in [0.1, 0.15) is 0 Å². The second kappa shape index (κ2) is 7.40. The summed E-state index contributed by atoms with van der Waals surface area (Å²) in [5.74, 6) is -0.306. The molecule has 5 heteroatoms. The van der Waals surface area contributed by atoms with Crippen LogP contribution in [-0.4, -0.2) is 48.3 Å². The summed E-state index contributed by atoms with van der Waals surface area (Å²) < 4.78 is 0.